The first-order chi connectivity index (χ1) is 8.20. The first-order valence-electron chi connectivity index (χ1n) is 4.76. The number of nitrogen functional groups attached to an aromatic ring is 1. The van der Waals surface area contributed by atoms with Crippen molar-refractivity contribution in [2.24, 2.45) is 5.84 Å². The highest BCUT2D eigenvalue weighted by Gasteiger charge is 2.09. The molecule has 0 radical (unpaired) electrons. The van der Waals surface area contributed by atoms with Gasteiger partial charge in [-0.3, -0.25) is 0 Å². The van der Waals surface area contributed by atoms with Crippen molar-refractivity contribution in [3.63, 3.8) is 0 Å². The third-order valence-electron chi connectivity index (χ3n) is 1.99. The molecular formula is C11H9Cl2N3S. The summed E-state index contributed by atoms with van der Waals surface area (Å²) in [6, 6.07) is 11.4. The fourth-order valence-corrected chi connectivity index (χ4v) is 2.56. The van der Waals surface area contributed by atoms with Crippen LogP contribution in [0.3, 0.4) is 0 Å². The number of hydrazine groups is 1. The van der Waals surface area contributed by atoms with Gasteiger partial charge in [0.25, 0.3) is 0 Å². The lowest BCUT2D eigenvalue weighted by Gasteiger charge is -2.07. The summed E-state index contributed by atoms with van der Waals surface area (Å²) in [6.07, 6.45) is 0. The van der Waals surface area contributed by atoms with Crippen LogP contribution in [0.2, 0.25) is 10.0 Å². The summed E-state index contributed by atoms with van der Waals surface area (Å²) in [5.41, 5.74) is 2.43. The molecule has 0 spiro atoms. The van der Waals surface area contributed by atoms with E-state index < -0.39 is 0 Å². The monoisotopic (exact) mass is 285 g/mol. The zero-order valence-corrected chi connectivity index (χ0v) is 11.0. The number of anilines is 1. The molecule has 0 unspecified atom stereocenters. The Bertz CT molecular complexity index is 520. The Hall–Kier alpha value is -0.940. The van der Waals surface area contributed by atoms with Gasteiger partial charge in [-0.05, 0) is 18.2 Å². The number of hydrogen-bond donors (Lipinski definition) is 2. The minimum absolute atomic E-state index is 0.398. The maximum Gasteiger partial charge on any atom is 0.160 e. The second-order valence-electron chi connectivity index (χ2n) is 3.17. The summed E-state index contributed by atoms with van der Waals surface area (Å²) in [5, 5.41) is 1.56. The normalized spacial score (nSPS) is 10.3. The molecule has 0 fully saturated rings. The van der Waals surface area contributed by atoms with Crippen molar-refractivity contribution in [1.29, 1.82) is 0 Å². The Morgan fingerprint density at radius 1 is 1.12 bits per heavy atom. The van der Waals surface area contributed by atoms with E-state index in [0.29, 0.717) is 20.9 Å². The molecule has 1 heterocycles. The molecule has 6 heteroatoms. The summed E-state index contributed by atoms with van der Waals surface area (Å²) >= 11 is 13.4. The largest absolute Gasteiger partial charge is 0.307 e. The van der Waals surface area contributed by atoms with Crippen molar-refractivity contribution in [2.45, 2.75) is 9.92 Å². The predicted molar refractivity (Wildman–Crippen MR) is 72.6 cm³/mol. The maximum absolute atomic E-state index is 6.07. The molecule has 0 aliphatic carbocycles. The van der Waals surface area contributed by atoms with Crippen molar-refractivity contribution < 1.29 is 0 Å². The fourth-order valence-electron chi connectivity index (χ4n) is 1.22. The minimum Gasteiger partial charge on any atom is -0.307 e. The molecule has 3 N–H and O–H groups in total. The standard InChI is InChI=1S/C11H9Cl2N3S/c12-8-6-9(13)11(15-10(8)16-14)17-7-4-2-1-3-5-7/h1-6H,14H2,(H,15,16). The number of pyridine rings is 1. The number of halogens is 2. The van der Waals surface area contributed by atoms with Gasteiger partial charge in [0.05, 0.1) is 10.0 Å². The number of nitrogens with zero attached hydrogens (tertiary/aromatic N) is 1. The van der Waals surface area contributed by atoms with E-state index in [4.69, 9.17) is 29.0 Å². The molecular weight excluding hydrogens is 277 g/mol. The molecule has 0 saturated carbocycles. The Morgan fingerprint density at radius 3 is 2.47 bits per heavy atom. The lowest BCUT2D eigenvalue weighted by molar-refractivity contribution is 1.11. The number of nitrogens with one attached hydrogen (secondary N) is 1. The summed E-state index contributed by atoms with van der Waals surface area (Å²) in [6.45, 7) is 0. The third kappa shape index (κ3) is 3.04. The van der Waals surface area contributed by atoms with E-state index in [0.717, 1.165) is 4.90 Å². The van der Waals surface area contributed by atoms with Gasteiger partial charge in [0.1, 0.15) is 5.03 Å². The molecule has 3 nitrogen and oxygen atoms in total. The summed E-state index contributed by atoms with van der Waals surface area (Å²) in [5.74, 6) is 5.73. The number of benzene rings is 1. The average Bonchev–Trinajstić information content (AvgIpc) is 2.34. The molecule has 0 amide bonds. The van der Waals surface area contributed by atoms with Gasteiger partial charge < -0.3 is 5.43 Å². The van der Waals surface area contributed by atoms with Gasteiger partial charge in [0.2, 0.25) is 0 Å². The van der Waals surface area contributed by atoms with Crippen LogP contribution in [0.4, 0.5) is 5.82 Å². The first-order valence-corrected chi connectivity index (χ1v) is 6.33. The van der Waals surface area contributed by atoms with Crippen LogP contribution in [-0.2, 0) is 0 Å². The van der Waals surface area contributed by atoms with Crippen LogP contribution < -0.4 is 11.3 Å². The van der Waals surface area contributed by atoms with Gasteiger partial charge in [-0.1, -0.05) is 53.2 Å². The Kier molecular flexibility index (Phi) is 4.12. The molecule has 0 bridgehead atoms. The van der Waals surface area contributed by atoms with Gasteiger partial charge in [-0.25, -0.2) is 10.8 Å². The molecule has 0 aliphatic heterocycles. The summed E-state index contributed by atoms with van der Waals surface area (Å²) in [4.78, 5) is 5.30. The van der Waals surface area contributed by atoms with Gasteiger partial charge in [0, 0.05) is 4.90 Å². The minimum atomic E-state index is 0.398. The SMILES string of the molecule is NNc1nc(Sc2ccccc2)c(Cl)cc1Cl. The summed E-state index contributed by atoms with van der Waals surface area (Å²) in [7, 11) is 0. The van der Waals surface area contributed by atoms with E-state index in [1.165, 1.54) is 11.8 Å². The van der Waals surface area contributed by atoms with E-state index in [-0.39, 0.29) is 0 Å². The average molecular weight is 286 g/mol. The van der Waals surface area contributed by atoms with Crippen molar-refractivity contribution in [3.8, 4) is 0 Å². The molecule has 0 saturated heterocycles. The highest BCUT2D eigenvalue weighted by Crippen LogP contribution is 2.35. The van der Waals surface area contributed by atoms with Gasteiger partial charge in [-0.2, -0.15) is 0 Å². The third-order valence-corrected chi connectivity index (χ3v) is 3.69. The fraction of sp³-hybridized carbons (Fsp3) is 0. The van der Waals surface area contributed by atoms with Gasteiger partial charge in [-0.15, -0.1) is 0 Å². The lowest BCUT2D eigenvalue weighted by atomic mass is 10.4. The van der Waals surface area contributed by atoms with Crippen molar-refractivity contribution in [2.75, 3.05) is 5.43 Å². The van der Waals surface area contributed by atoms with Crippen LogP contribution in [-0.4, -0.2) is 4.98 Å². The molecule has 2 aromatic rings. The highest BCUT2D eigenvalue weighted by molar-refractivity contribution is 7.99. The van der Waals surface area contributed by atoms with Crippen molar-refractivity contribution in [3.05, 3.63) is 46.4 Å². The van der Waals surface area contributed by atoms with Gasteiger partial charge in [0.15, 0.2) is 5.82 Å². The van der Waals surface area contributed by atoms with Crippen molar-refractivity contribution >= 4 is 40.8 Å². The topological polar surface area (TPSA) is 50.9 Å². The number of hydrogen-bond acceptors (Lipinski definition) is 4. The highest BCUT2D eigenvalue weighted by atomic mass is 35.5. The summed E-state index contributed by atoms with van der Waals surface area (Å²) < 4.78 is 0. The van der Waals surface area contributed by atoms with Crippen LogP contribution in [0.1, 0.15) is 0 Å². The second kappa shape index (κ2) is 5.60. The van der Waals surface area contributed by atoms with Crippen LogP contribution >= 0.6 is 35.0 Å². The van der Waals surface area contributed by atoms with E-state index in [9.17, 15) is 0 Å². The molecule has 88 valence electrons. The smallest absolute Gasteiger partial charge is 0.160 e. The number of aromatic nitrogens is 1. The quantitative estimate of drug-likeness (QED) is 0.665. The van der Waals surface area contributed by atoms with E-state index >= 15 is 0 Å². The van der Waals surface area contributed by atoms with Crippen LogP contribution in [0.15, 0.2) is 46.3 Å². The molecule has 2 rings (SSSR count). The lowest BCUT2D eigenvalue weighted by Crippen LogP contribution is -2.09. The predicted octanol–water partition coefficient (Wildman–Crippen LogP) is 3.83. The van der Waals surface area contributed by atoms with Gasteiger partial charge >= 0.3 is 0 Å². The van der Waals surface area contributed by atoms with Crippen molar-refractivity contribution in [1.82, 2.24) is 4.98 Å². The van der Waals surface area contributed by atoms with E-state index in [1.807, 2.05) is 30.3 Å². The van der Waals surface area contributed by atoms with E-state index in [2.05, 4.69) is 10.4 Å². The zero-order chi connectivity index (χ0) is 12.3. The molecule has 1 aromatic carbocycles. The molecule has 17 heavy (non-hydrogen) atoms. The Balaban J connectivity index is 2.33. The van der Waals surface area contributed by atoms with E-state index in [1.54, 1.807) is 6.07 Å². The first kappa shape index (κ1) is 12.5. The molecule has 0 atom stereocenters. The Labute approximate surface area is 113 Å². The van der Waals surface area contributed by atoms with Crippen LogP contribution in [0.25, 0.3) is 0 Å². The molecule has 0 aliphatic rings. The van der Waals surface area contributed by atoms with Crippen LogP contribution in [0.5, 0.6) is 0 Å². The number of rotatable bonds is 3. The zero-order valence-electron chi connectivity index (χ0n) is 8.65. The maximum atomic E-state index is 6.07. The number of nitrogens with two attached hydrogens (primary N) is 1. The molecule has 1 aromatic heterocycles. The van der Waals surface area contributed by atoms with Crippen LogP contribution in [0, 0.1) is 0 Å². The second-order valence-corrected chi connectivity index (χ2v) is 5.04. The Morgan fingerprint density at radius 2 is 1.82 bits per heavy atom.